The number of benzene rings is 2. The van der Waals surface area contributed by atoms with Crippen molar-refractivity contribution >= 4 is 18.2 Å². The number of ether oxygens (including phenoxy) is 1. The second-order valence-corrected chi connectivity index (χ2v) is 5.61. The molecule has 178 valence electrons. The fraction of sp³-hybridized carbons (Fsp3) is 0.217. The van der Waals surface area contributed by atoms with E-state index >= 15 is 0 Å². The minimum atomic E-state index is -1.32. The maximum absolute atomic E-state index is 13.2. The van der Waals surface area contributed by atoms with Crippen molar-refractivity contribution in [3.05, 3.63) is 72.2 Å². The maximum atomic E-state index is 13.2. The molecule has 0 spiro atoms. The van der Waals surface area contributed by atoms with Gasteiger partial charge in [0.2, 0.25) is 0 Å². The van der Waals surface area contributed by atoms with Crippen molar-refractivity contribution in [2.45, 2.75) is 34.1 Å². The van der Waals surface area contributed by atoms with E-state index in [0.717, 1.165) is 31.0 Å². The number of hydrogen-bond donors (Lipinski definition) is 1. The molecule has 0 heterocycles. The molecule has 10 heteroatoms. The van der Waals surface area contributed by atoms with Crippen LogP contribution < -0.4 is 4.74 Å². The summed E-state index contributed by atoms with van der Waals surface area (Å²) < 4.78 is 31.4. The number of allylic oxidation sites excluding steroid dienone is 2. The fourth-order valence-corrected chi connectivity index (χ4v) is 2.15. The molecule has 0 saturated heterocycles. The van der Waals surface area contributed by atoms with Crippen LogP contribution in [-0.4, -0.2) is 23.3 Å². The molecule has 2 rings (SSSR count). The zero-order valence-corrected chi connectivity index (χ0v) is 26.0. The molecule has 0 bridgehead atoms. The van der Waals surface area contributed by atoms with Crippen LogP contribution >= 0.6 is 0 Å². The summed E-state index contributed by atoms with van der Waals surface area (Å²) in [6.07, 6.45) is 8.11. The van der Waals surface area contributed by atoms with Gasteiger partial charge in [-0.3, -0.25) is 17.5 Å². The molecule has 5 nitrogen and oxygen atoms in total. The van der Waals surface area contributed by atoms with Gasteiger partial charge in [0.05, 0.1) is 0 Å². The molecule has 0 aliphatic heterocycles. The molecular weight excluding hydrogens is 946 g/mol. The van der Waals surface area contributed by atoms with Gasteiger partial charge in [-0.15, -0.1) is 12.5 Å². The SMILES string of the molecule is C.CC/C=C\C[C-]=O.C[CH-]C(=O)Oc1ccc(-c2cc(F)cc(F)c2)cc1C(=O)O.[W+2].[W].[W]. The van der Waals surface area contributed by atoms with Gasteiger partial charge in [-0.2, -0.15) is 6.92 Å². The van der Waals surface area contributed by atoms with E-state index < -0.39 is 23.6 Å². The monoisotopic (exact) mass is 970 g/mol. The summed E-state index contributed by atoms with van der Waals surface area (Å²) in [5.74, 6) is -3.72. The molecule has 0 aliphatic carbocycles. The molecule has 1 N–H and O–H groups in total. The predicted octanol–water partition coefficient (Wildman–Crippen LogP) is 5.54. The van der Waals surface area contributed by atoms with Crippen LogP contribution in [0.15, 0.2) is 48.6 Å². The predicted molar refractivity (Wildman–Crippen MR) is 111 cm³/mol. The van der Waals surface area contributed by atoms with Gasteiger partial charge >= 0.3 is 27.0 Å². The number of carboxylic acids is 1. The van der Waals surface area contributed by atoms with Gasteiger partial charge in [-0.05, 0) is 41.8 Å². The summed E-state index contributed by atoms with van der Waals surface area (Å²) >= 11 is 0. The van der Waals surface area contributed by atoms with Crippen molar-refractivity contribution in [3.63, 3.8) is 0 Å². The molecule has 0 saturated carbocycles. The summed E-state index contributed by atoms with van der Waals surface area (Å²) in [5, 5.41) is 9.18. The van der Waals surface area contributed by atoms with E-state index in [4.69, 9.17) is 4.74 Å². The number of hydrogen-bond acceptors (Lipinski definition) is 4. The first-order valence-corrected chi connectivity index (χ1v) is 8.67. The summed E-state index contributed by atoms with van der Waals surface area (Å²) in [6, 6.07) is 6.75. The Kier molecular flexibility index (Phi) is 24.9. The first-order chi connectivity index (χ1) is 13.8. The van der Waals surface area contributed by atoms with E-state index in [1.165, 1.54) is 25.1 Å². The van der Waals surface area contributed by atoms with Gasteiger partial charge < -0.3 is 14.6 Å². The molecular formula is C23H24F2O5W3. The van der Waals surface area contributed by atoms with Crippen molar-refractivity contribution in [2.24, 2.45) is 0 Å². The molecule has 33 heavy (non-hydrogen) atoms. The van der Waals surface area contributed by atoms with Crippen molar-refractivity contribution in [2.75, 3.05) is 0 Å². The van der Waals surface area contributed by atoms with E-state index in [9.17, 15) is 28.3 Å². The minimum absolute atomic E-state index is 0. The van der Waals surface area contributed by atoms with Gasteiger partial charge in [-0.1, -0.05) is 26.5 Å². The second-order valence-electron chi connectivity index (χ2n) is 5.61. The first-order valence-electron chi connectivity index (χ1n) is 8.67. The van der Waals surface area contributed by atoms with Crippen molar-refractivity contribution in [1.82, 2.24) is 0 Å². The summed E-state index contributed by atoms with van der Waals surface area (Å²) in [4.78, 5) is 32.0. The van der Waals surface area contributed by atoms with Crippen LogP contribution in [0.1, 0.15) is 44.5 Å². The Balaban J connectivity index is -0.000000337. The topological polar surface area (TPSA) is 80.7 Å². The molecule has 2 aromatic carbocycles. The van der Waals surface area contributed by atoms with Crippen LogP contribution in [-0.2, 0) is 72.8 Å². The van der Waals surface area contributed by atoms with E-state index in [0.29, 0.717) is 6.42 Å². The standard InChI is InChI=1S/C16H11F2O4.C6H9O.CH4.3W/c1-2-15(19)22-14-4-3-9(7-13(14)16(20)21)10-5-11(17)8-12(18)6-10;1-2-3-4-5-6-7;;;;/h2-8H,1H3,(H,20,21);3-4H,2,5H2,1H3;1H4;;;/q2*-1;;;;+2/b;4-3-;;;;. The third kappa shape index (κ3) is 14.5. The van der Waals surface area contributed by atoms with Crippen LogP contribution in [0.4, 0.5) is 8.78 Å². The number of esters is 1. The van der Waals surface area contributed by atoms with Crippen LogP contribution in [0, 0.1) is 18.1 Å². The first kappa shape index (κ1) is 38.8. The molecule has 0 fully saturated rings. The van der Waals surface area contributed by atoms with Gasteiger partial charge in [0, 0.05) is 48.2 Å². The molecule has 0 amide bonds. The van der Waals surface area contributed by atoms with Gasteiger partial charge in [0.25, 0.3) is 0 Å². The summed E-state index contributed by atoms with van der Waals surface area (Å²) in [5.41, 5.74) is 0.188. The number of aromatic carboxylic acids is 1. The minimum Gasteiger partial charge on any atom is -0.541 e. The number of carbonyl (C=O) groups excluding carboxylic acids is 2. The number of carbonyl (C=O) groups is 2. The van der Waals surface area contributed by atoms with E-state index in [2.05, 4.69) is 0 Å². The number of halogens is 2. The number of rotatable bonds is 7. The van der Waals surface area contributed by atoms with E-state index in [1.54, 1.807) is 6.29 Å². The smallest absolute Gasteiger partial charge is 0.541 e. The number of carboxylic acid groups (broad SMARTS) is 1. The van der Waals surface area contributed by atoms with Gasteiger partial charge in [0.15, 0.2) is 5.97 Å². The Bertz CT molecular complexity index is 885. The summed E-state index contributed by atoms with van der Waals surface area (Å²) in [7, 11) is 0. The molecule has 2 aromatic rings. The van der Waals surface area contributed by atoms with Crippen molar-refractivity contribution in [3.8, 4) is 16.9 Å². The maximum Gasteiger partial charge on any atom is 2.00 e. The Morgan fingerprint density at radius 1 is 1.06 bits per heavy atom. The third-order valence-corrected chi connectivity index (χ3v) is 3.46. The van der Waals surface area contributed by atoms with Crippen LogP contribution in [0.5, 0.6) is 5.75 Å². The molecule has 0 aromatic heterocycles. The Hall–Kier alpha value is -1.42. The molecule has 0 radical (unpaired) electrons. The Morgan fingerprint density at radius 2 is 1.64 bits per heavy atom. The Labute approximate surface area is 236 Å². The summed E-state index contributed by atoms with van der Waals surface area (Å²) in [6.45, 7) is 3.48. The quantitative estimate of drug-likeness (QED) is 0.171. The van der Waals surface area contributed by atoms with Gasteiger partial charge in [0.1, 0.15) is 22.9 Å². The second kappa shape index (κ2) is 21.1. The van der Waals surface area contributed by atoms with Crippen molar-refractivity contribution in [1.29, 1.82) is 0 Å². The van der Waals surface area contributed by atoms with E-state index in [1.807, 2.05) is 19.1 Å². The zero-order chi connectivity index (χ0) is 21.8. The third-order valence-electron chi connectivity index (χ3n) is 3.46. The van der Waals surface area contributed by atoms with Crippen molar-refractivity contribution < 1.29 is 96.2 Å². The fourth-order valence-electron chi connectivity index (χ4n) is 2.15. The molecule has 0 aliphatic rings. The average Bonchev–Trinajstić information content (AvgIpc) is 2.68. The molecule has 0 unspecified atom stereocenters. The van der Waals surface area contributed by atoms with Crippen LogP contribution in [0.25, 0.3) is 11.1 Å². The largest absolute Gasteiger partial charge is 2.00 e. The Morgan fingerprint density at radius 3 is 2.09 bits per heavy atom. The van der Waals surface area contributed by atoms with Gasteiger partial charge in [-0.25, -0.2) is 13.6 Å². The molecule has 0 atom stereocenters. The van der Waals surface area contributed by atoms with Crippen LogP contribution in [0.3, 0.4) is 0 Å². The van der Waals surface area contributed by atoms with Crippen LogP contribution in [0.2, 0.25) is 0 Å². The normalized spacial score (nSPS) is 8.85. The average molecular weight is 970 g/mol. The zero-order valence-electron chi connectivity index (χ0n) is 17.2. The van der Waals surface area contributed by atoms with E-state index in [-0.39, 0.29) is 93.1 Å².